The molecule has 1 aliphatic carbocycles. The third-order valence-corrected chi connectivity index (χ3v) is 8.63. The van der Waals surface area contributed by atoms with Gasteiger partial charge in [0, 0.05) is 25.4 Å². The van der Waals surface area contributed by atoms with Crippen molar-refractivity contribution in [3.05, 3.63) is 121 Å². The fourth-order valence-corrected chi connectivity index (χ4v) is 6.07. The number of carbonyl (C=O) groups is 4. The Morgan fingerprint density at radius 1 is 0.880 bits per heavy atom. The maximum Gasteiger partial charge on any atom is 0.407 e. The van der Waals surface area contributed by atoms with Crippen molar-refractivity contribution >= 4 is 23.9 Å². The van der Waals surface area contributed by atoms with E-state index in [2.05, 4.69) is 35.9 Å². The average Bonchev–Trinajstić information content (AvgIpc) is 3.44. The van der Waals surface area contributed by atoms with Crippen molar-refractivity contribution in [3.8, 4) is 11.1 Å². The number of nitrogens with zero attached hydrogens (tertiary/aromatic N) is 1. The van der Waals surface area contributed by atoms with E-state index in [9.17, 15) is 24.3 Å². The third kappa shape index (κ3) is 10.4. The van der Waals surface area contributed by atoms with E-state index in [-0.39, 0.29) is 63.4 Å². The van der Waals surface area contributed by atoms with Crippen molar-refractivity contribution in [2.24, 2.45) is 5.92 Å². The Labute approximate surface area is 294 Å². The van der Waals surface area contributed by atoms with Crippen LogP contribution in [0.15, 0.2) is 104 Å². The van der Waals surface area contributed by atoms with Crippen molar-refractivity contribution < 1.29 is 33.8 Å². The lowest BCUT2D eigenvalue weighted by atomic mass is 9.98. The van der Waals surface area contributed by atoms with E-state index in [1.807, 2.05) is 66.7 Å². The van der Waals surface area contributed by atoms with Crippen LogP contribution in [0.4, 0.5) is 4.79 Å². The molecule has 0 bridgehead atoms. The van der Waals surface area contributed by atoms with Gasteiger partial charge < -0.3 is 30.1 Å². The highest BCUT2D eigenvalue weighted by Gasteiger charge is 2.30. The van der Waals surface area contributed by atoms with Crippen LogP contribution >= 0.6 is 0 Å². The van der Waals surface area contributed by atoms with Gasteiger partial charge in [0.2, 0.25) is 11.8 Å². The fourth-order valence-electron chi connectivity index (χ4n) is 6.07. The number of nitrogens with one attached hydrogen (secondary N) is 2. The molecule has 0 radical (unpaired) electrons. The molecule has 3 aromatic rings. The monoisotopic (exact) mass is 681 g/mol. The smallest absolute Gasteiger partial charge is 0.407 e. The molecule has 0 unspecified atom stereocenters. The van der Waals surface area contributed by atoms with Crippen LogP contribution in [-0.2, 0) is 30.4 Å². The van der Waals surface area contributed by atoms with Gasteiger partial charge >= 0.3 is 12.1 Å². The normalized spacial score (nSPS) is 13.5. The summed E-state index contributed by atoms with van der Waals surface area (Å²) in [7, 11) is 0. The summed E-state index contributed by atoms with van der Waals surface area (Å²) in [5.41, 5.74) is 5.29. The van der Waals surface area contributed by atoms with E-state index < -0.39 is 30.1 Å². The highest BCUT2D eigenvalue weighted by Crippen LogP contribution is 2.44. The summed E-state index contributed by atoms with van der Waals surface area (Å²) in [4.78, 5) is 54.0. The Kier molecular flexibility index (Phi) is 14.4. The molecule has 0 saturated carbocycles. The van der Waals surface area contributed by atoms with Gasteiger partial charge in [-0.15, -0.1) is 13.2 Å². The van der Waals surface area contributed by atoms with Crippen molar-refractivity contribution in [1.29, 1.82) is 0 Å². The Bertz CT molecular complexity index is 1580. The molecular formula is C40H47N3O7. The zero-order valence-corrected chi connectivity index (χ0v) is 28.6. The number of benzene rings is 3. The van der Waals surface area contributed by atoms with Crippen LogP contribution in [0, 0.1) is 5.92 Å². The summed E-state index contributed by atoms with van der Waals surface area (Å²) in [6, 6.07) is 23.9. The SMILES string of the molecule is C=CCC[C@H](NC(=O)OCC1c2ccccc2-c2ccccc21)C(=O)OC[C@H](C)NC(=O)[C@H](CC=C)CC(=O)N(CCO)Cc1ccccc1. The van der Waals surface area contributed by atoms with Gasteiger partial charge in [-0.1, -0.05) is 91.0 Å². The number of alkyl carbamates (subject to hydrolysis) is 1. The van der Waals surface area contributed by atoms with Gasteiger partial charge in [0.25, 0.3) is 0 Å². The van der Waals surface area contributed by atoms with E-state index >= 15 is 0 Å². The lowest BCUT2D eigenvalue weighted by Gasteiger charge is -2.25. The molecule has 264 valence electrons. The zero-order valence-electron chi connectivity index (χ0n) is 28.6. The first-order valence-electron chi connectivity index (χ1n) is 17.0. The van der Waals surface area contributed by atoms with Crippen molar-refractivity contribution in [2.45, 2.75) is 57.2 Å². The van der Waals surface area contributed by atoms with Crippen molar-refractivity contribution in [2.75, 3.05) is 26.4 Å². The van der Waals surface area contributed by atoms with Crippen LogP contribution in [0.25, 0.3) is 11.1 Å². The number of amides is 3. The number of rotatable bonds is 19. The molecule has 3 amide bonds. The maximum absolute atomic E-state index is 13.2. The van der Waals surface area contributed by atoms with Gasteiger partial charge in [-0.2, -0.15) is 0 Å². The molecule has 0 aliphatic heterocycles. The molecule has 0 saturated heterocycles. The summed E-state index contributed by atoms with van der Waals surface area (Å²) in [5.74, 6) is -2.15. The van der Waals surface area contributed by atoms with E-state index in [0.29, 0.717) is 13.0 Å². The highest BCUT2D eigenvalue weighted by molar-refractivity contribution is 5.86. The fraction of sp³-hybridized carbons (Fsp3) is 0.350. The van der Waals surface area contributed by atoms with Crippen LogP contribution in [0.1, 0.15) is 55.2 Å². The second kappa shape index (κ2) is 19.1. The van der Waals surface area contributed by atoms with Gasteiger partial charge in [-0.25, -0.2) is 9.59 Å². The summed E-state index contributed by atoms with van der Waals surface area (Å²) >= 11 is 0. The topological polar surface area (TPSA) is 134 Å². The quantitative estimate of drug-likeness (QED) is 0.112. The summed E-state index contributed by atoms with van der Waals surface area (Å²) in [6.07, 6.45) is 3.37. The van der Waals surface area contributed by atoms with Crippen molar-refractivity contribution in [3.63, 3.8) is 0 Å². The minimum absolute atomic E-state index is 0.0785. The first-order valence-corrected chi connectivity index (χ1v) is 17.0. The van der Waals surface area contributed by atoms with Crippen LogP contribution in [-0.4, -0.2) is 72.3 Å². The Hall–Kier alpha value is -5.22. The van der Waals surface area contributed by atoms with Gasteiger partial charge in [0.05, 0.1) is 18.6 Å². The molecular weight excluding hydrogens is 634 g/mol. The standard InChI is InChI=1S/C40H47N3O7/c1-4-6-21-36(42-40(48)50-27-35-33-19-12-10-17-31(33)32-18-11-13-20-34(32)35)39(47)49-26-28(3)41-38(46)30(14-5-2)24-37(45)43(22-23-44)25-29-15-8-7-9-16-29/h4-5,7-13,15-20,28,30,35-36,44H,1-2,6,14,21-27H2,3H3,(H,41,46)(H,42,48)/t28-,30+,36-/m0/s1. The van der Waals surface area contributed by atoms with Crippen LogP contribution in [0.2, 0.25) is 0 Å². The number of esters is 1. The maximum atomic E-state index is 13.2. The van der Waals surface area contributed by atoms with Crippen LogP contribution in [0.3, 0.4) is 0 Å². The predicted octanol–water partition coefficient (Wildman–Crippen LogP) is 5.51. The first-order chi connectivity index (χ1) is 24.2. The number of allylic oxidation sites excluding steroid dienone is 2. The molecule has 3 atom stereocenters. The van der Waals surface area contributed by atoms with Gasteiger partial charge in [-0.3, -0.25) is 9.59 Å². The molecule has 0 heterocycles. The highest BCUT2D eigenvalue weighted by atomic mass is 16.6. The molecule has 3 aromatic carbocycles. The average molecular weight is 682 g/mol. The molecule has 0 fully saturated rings. The molecule has 0 aromatic heterocycles. The van der Waals surface area contributed by atoms with Crippen molar-refractivity contribution in [1.82, 2.24) is 15.5 Å². The molecule has 10 heteroatoms. The molecule has 50 heavy (non-hydrogen) atoms. The minimum Gasteiger partial charge on any atom is -0.462 e. The molecule has 1 aliphatic rings. The Morgan fingerprint density at radius 2 is 1.52 bits per heavy atom. The second-order valence-electron chi connectivity index (χ2n) is 12.4. The molecule has 0 spiro atoms. The number of aliphatic hydroxyl groups excluding tert-OH is 1. The number of fused-ring (bicyclic) bond motifs is 3. The number of aliphatic hydroxyl groups is 1. The van der Waals surface area contributed by atoms with E-state index in [0.717, 1.165) is 27.8 Å². The number of hydrogen-bond donors (Lipinski definition) is 3. The van der Waals surface area contributed by atoms with Crippen LogP contribution < -0.4 is 10.6 Å². The predicted molar refractivity (Wildman–Crippen MR) is 192 cm³/mol. The number of hydrogen-bond acceptors (Lipinski definition) is 7. The molecule has 3 N–H and O–H groups in total. The third-order valence-electron chi connectivity index (χ3n) is 8.63. The van der Waals surface area contributed by atoms with E-state index in [1.165, 1.54) is 4.90 Å². The minimum atomic E-state index is -0.986. The van der Waals surface area contributed by atoms with Gasteiger partial charge in [0.15, 0.2) is 0 Å². The summed E-state index contributed by atoms with van der Waals surface area (Å²) < 4.78 is 11.1. The molecule has 10 nitrogen and oxygen atoms in total. The molecule has 4 rings (SSSR count). The summed E-state index contributed by atoms with van der Waals surface area (Å²) in [5, 5.41) is 15.0. The van der Waals surface area contributed by atoms with Gasteiger partial charge in [0.1, 0.15) is 19.3 Å². The first kappa shape index (κ1) is 37.6. The van der Waals surface area contributed by atoms with E-state index in [4.69, 9.17) is 9.47 Å². The Balaban J connectivity index is 1.28. The lowest BCUT2D eigenvalue weighted by molar-refractivity contribution is -0.147. The largest absolute Gasteiger partial charge is 0.462 e. The van der Waals surface area contributed by atoms with Gasteiger partial charge in [-0.05, 0) is 54.0 Å². The van der Waals surface area contributed by atoms with Crippen LogP contribution in [0.5, 0.6) is 0 Å². The van der Waals surface area contributed by atoms with E-state index in [1.54, 1.807) is 19.1 Å². The number of carbonyl (C=O) groups excluding carboxylic acids is 4. The second-order valence-corrected chi connectivity index (χ2v) is 12.4. The Morgan fingerprint density at radius 3 is 2.14 bits per heavy atom. The summed E-state index contributed by atoms with van der Waals surface area (Å²) in [6.45, 7) is 9.33. The number of ether oxygens (including phenoxy) is 2. The lowest BCUT2D eigenvalue weighted by Crippen LogP contribution is -2.45. The zero-order chi connectivity index (χ0) is 35.9.